The Bertz CT molecular complexity index is 229. The molecule has 1 amide bonds. The molecule has 17 heavy (non-hydrogen) atoms. The molecule has 0 radical (unpaired) electrons. The summed E-state index contributed by atoms with van der Waals surface area (Å²) in [7, 11) is 0. The van der Waals surface area contributed by atoms with E-state index >= 15 is 0 Å². The van der Waals surface area contributed by atoms with E-state index in [-0.39, 0.29) is 12.0 Å². The van der Waals surface area contributed by atoms with E-state index in [4.69, 9.17) is 4.74 Å². The molecule has 3 nitrogen and oxygen atoms in total. The van der Waals surface area contributed by atoms with E-state index in [0.29, 0.717) is 11.8 Å². The highest BCUT2D eigenvalue weighted by atomic mass is 79.9. The van der Waals surface area contributed by atoms with Crippen LogP contribution in [0.15, 0.2) is 0 Å². The van der Waals surface area contributed by atoms with E-state index in [0.717, 1.165) is 31.3 Å². The van der Waals surface area contributed by atoms with Crippen LogP contribution >= 0.6 is 15.9 Å². The maximum absolute atomic E-state index is 11.9. The van der Waals surface area contributed by atoms with Gasteiger partial charge in [-0.15, -0.1) is 0 Å². The Morgan fingerprint density at radius 1 is 1.53 bits per heavy atom. The molecule has 1 aliphatic rings. The van der Waals surface area contributed by atoms with Crippen LogP contribution in [0.2, 0.25) is 0 Å². The normalized spacial score (nSPS) is 25.8. The lowest BCUT2D eigenvalue weighted by atomic mass is 10.00. The van der Waals surface area contributed by atoms with Crippen LogP contribution in [0.5, 0.6) is 0 Å². The van der Waals surface area contributed by atoms with Crippen molar-refractivity contribution in [3.8, 4) is 0 Å². The first-order valence-corrected chi connectivity index (χ1v) is 7.76. The molecule has 0 aromatic rings. The van der Waals surface area contributed by atoms with E-state index in [9.17, 15) is 4.79 Å². The zero-order valence-electron chi connectivity index (χ0n) is 10.9. The van der Waals surface area contributed by atoms with Crippen LogP contribution in [-0.2, 0) is 9.53 Å². The average molecular weight is 306 g/mol. The first-order valence-electron chi connectivity index (χ1n) is 6.64. The molecule has 1 saturated heterocycles. The number of nitrogens with one attached hydrogen (secondary N) is 1. The number of carbonyl (C=O) groups excluding carboxylic acids is 1. The van der Waals surface area contributed by atoms with E-state index in [1.54, 1.807) is 0 Å². The van der Waals surface area contributed by atoms with Gasteiger partial charge in [0, 0.05) is 18.5 Å². The molecule has 1 N–H and O–H groups in total. The van der Waals surface area contributed by atoms with Gasteiger partial charge in [-0.1, -0.05) is 36.2 Å². The summed E-state index contributed by atoms with van der Waals surface area (Å²) in [5.74, 6) is 1.02. The summed E-state index contributed by atoms with van der Waals surface area (Å²) < 4.78 is 5.46. The predicted octanol–water partition coefficient (Wildman–Crippen LogP) is 2.73. The second-order valence-corrected chi connectivity index (χ2v) is 5.73. The molecule has 1 heterocycles. The van der Waals surface area contributed by atoms with Gasteiger partial charge in [0.1, 0.15) is 6.10 Å². The third kappa shape index (κ3) is 4.96. The summed E-state index contributed by atoms with van der Waals surface area (Å²) in [6.07, 6.45) is 4.24. The molecule has 1 fully saturated rings. The minimum absolute atomic E-state index is 0.0747. The third-order valence-electron chi connectivity index (χ3n) is 3.43. The van der Waals surface area contributed by atoms with Crippen LogP contribution in [0.1, 0.15) is 39.5 Å². The SMILES string of the molecule is CCCC(CCBr)CNC(=O)C1OCCC1C. The first-order chi connectivity index (χ1) is 8.19. The van der Waals surface area contributed by atoms with Crippen molar-refractivity contribution < 1.29 is 9.53 Å². The van der Waals surface area contributed by atoms with E-state index < -0.39 is 0 Å². The molecule has 0 aliphatic carbocycles. The summed E-state index contributed by atoms with van der Waals surface area (Å²) in [6, 6.07) is 0. The number of rotatable bonds is 7. The van der Waals surface area contributed by atoms with Crippen LogP contribution in [0.4, 0.5) is 0 Å². The van der Waals surface area contributed by atoms with Crippen molar-refractivity contribution in [2.24, 2.45) is 11.8 Å². The lowest BCUT2D eigenvalue weighted by Crippen LogP contribution is -2.39. The molecule has 0 saturated carbocycles. The van der Waals surface area contributed by atoms with E-state index in [2.05, 4.69) is 35.1 Å². The zero-order chi connectivity index (χ0) is 12.7. The van der Waals surface area contributed by atoms with Crippen molar-refractivity contribution in [3.05, 3.63) is 0 Å². The monoisotopic (exact) mass is 305 g/mol. The smallest absolute Gasteiger partial charge is 0.249 e. The summed E-state index contributed by atoms with van der Waals surface area (Å²) in [6.45, 7) is 5.77. The van der Waals surface area contributed by atoms with Crippen LogP contribution in [0.3, 0.4) is 0 Å². The quantitative estimate of drug-likeness (QED) is 0.735. The number of carbonyl (C=O) groups is 1. The predicted molar refractivity (Wildman–Crippen MR) is 73.3 cm³/mol. The highest BCUT2D eigenvalue weighted by Crippen LogP contribution is 2.20. The second kappa shape index (κ2) is 8.09. The van der Waals surface area contributed by atoms with Crippen molar-refractivity contribution in [1.29, 1.82) is 0 Å². The topological polar surface area (TPSA) is 38.3 Å². The molecule has 100 valence electrons. The number of halogens is 1. The molecule has 3 unspecified atom stereocenters. The maximum Gasteiger partial charge on any atom is 0.249 e. The Kier molecular flexibility index (Phi) is 7.12. The fraction of sp³-hybridized carbons (Fsp3) is 0.923. The number of alkyl halides is 1. The molecule has 0 aromatic heterocycles. The van der Waals surface area contributed by atoms with Gasteiger partial charge in [-0.2, -0.15) is 0 Å². The highest BCUT2D eigenvalue weighted by Gasteiger charge is 2.30. The van der Waals surface area contributed by atoms with Gasteiger partial charge in [0.15, 0.2) is 0 Å². The lowest BCUT2D eigenvalue weighted by molar-refractivity contribution is -0.131. The molecule has 1 rings (SSSR count). The van der Waals surface area contributed by atoms with Crippen molar-refractivity contribution in [2.75, 3.05) is 18.5 Å². The van der Waals surface area contributed by atoms with Gasteiger partial charge in [0.2, 0.25) is 5.91 Å². The Morgan fingerprint density at radius 2 is 2.29 bits per heavy atom. The lowest BCUT2D eigenvalue weighted by Gasteiger charge is -2.19. The van der Waals surface area contributed by atoms with Crippen molar-refractivity contribution in [3.63, 3.8) is 0 Å². The molecular formula is C13H24BrNO2. The fourth-order valence-electron chi connectivity index (χ4n) is 2.29. The maximum atomic E-state index is 11.9. The standard InChI is InChI=1S/C13H24BrNO2/c1-3-4-11(5-7-14)9-15-13(16)12-10(2)6-8-17-12/h10-12H,3-9H2,1-2H3,(H,15,16). The zero-order valence-corrected chi connectivity index (χ0v) is 12.5. The minimum Gasteiger partial charge on any atom is -0.368 e. The molecular weight excluding hydrogens is 282 g/mol. The Labute approximate surface area is 113 Å². The third-order valence-corrected chi connectivity index (χ3v) is 3.88. The summed E-state index contributed by atoms with van der Waals surface area (Å²) in [5.41, 5.74) is 0. The average Bonchev–Trinajstić information content (AvgIpc) is 2.72. The molecule has 3 atom stereocenters. The summed E-state index contributed by atoms with van der Waals surface area (Å²) in [4.78, 5) is 11.9. The molecule has 0 spiro atoms. The number of amides is 1. The Balaban J connectivity index is 2.29. The van der Waals surface area contributed by atoms with Gasteiger partial charge in [0.25, 0.3) is 0 Å². The van der Waals surface area contributed by atoms with Gasteiger partial charge in [-0.3, -0.25) is 4.79 Å². The first kappa shape index (κ1) is 15.0. The summed E-state index contributed by atoms with van der Waals surface area (Å²) in [5, 5.41) is 4.04. The Morgan fingerprint density at radius 3 is 2.82 bits per heavy atom. The van der Waals surface area contributed by atoms with Crippen LogP contribution in [0.25, 0.3) is 0 Å². The van der Waals surface area contributed by atoms with Crippen LogP contribution in [0, 0.1) is 11.8 Å². The number of hydrogen-bond acceptors (Lipinski definition) is 2. The molecule has 1 aliphatic heterocycles. The minimum atomic E-state index is -0.221. The van der Waals surface area contributed by atoms with Gasteiger partial charge in [-0.05, 0) is 31.1 Å². The van der Waals surface area contributed by atoms with E-state index in [1.807, 2.05) is 0 Å². The summed E-state index contributed by atoms with van der Waals surface area (Å²) >= 11 is 3.47. The fourth-order valence-corrected chi connectivity index (χ4v) is 2.93. The van der Waals surface area contributed by atoms with Crippen molar-refractivity contribution in [2.45, 2.75) is 45.6 Å². The van der Waals surface area contributed by atoms with Crippen molar-refractivity contribution in [1.82, 2.24) is 5.32 Å². The van der Waals surface area contributed by atoms with Gasteiger partial charge < -0.3 is 10.1 Å². The van der Waals surface area contributed by atoms with Crippen LogP contribution in [-0.4, -0.2) is 30.5 Å². The van der Waals surface area contributed by atoms with Crippen molar-refractivity contribution >= 4 is 21.8 Å². The highest BCUT2D eigenvalue weighted by molar-refractivity contribution is 9.09. The van der Waals surface area contributed by atoms with Gasteiger partial charge in [0.05, 0.1) is 0 Å². The molecule has 0 bridgehead atoms. The molecule has 0 aromatic carbocycles. The number of ether oxygens (including phenoxy) is 1. The van der Waals surface area contributed by atoms with Crippen LogP contribution < -0.4 is 5.32 Å². The van der Waals surface area contributed by atoms with Gasteiger partial charge >= 0.3 is 0 Å². The molecule has 4 heteroatoms. The Hall–Kier alpha value is -0.0900. The largest absolute Gasteiger partial charge is 0.368 e. The van der Waals surface area contributed by atoms with E-state index in [1.165, 1.54) is 12.8 Å². The van der Waals surface area contributed by atoms with Gasteiger partial charge in [-0.25, -0.2) is 0 Å². The second-order valence-electron chi connectivity index (χ2n) is 4.93. The number of hydrogen-bond donors (Lipinski definition) is 1.